The Balaban J connectivity index is 1.02. The molecule has 4 aromatic carbocycles. The highest BCUT2D eigenvalue weighted by atomic mass is 127. The van der Waals surface area contributed by atoms with Gasteiger partial charge in [0.25, 0.3) is 0 Å². The lowest BCUT2D eigenvalue weighted by Gasteiger charge is -2.47. The van der Waals surface area contributed by atoms with Crippen molar-refractivity contribution in [2.75, 3.05) is 62.6 Å². The Bertz CT molecular complexity index is 2680. The minimum absolute atomic E-state index is 0.00180. The highest BCUT2D eigenvalue weighted by Gasteiger charge is 2.40. The number of para-hydroxylation sites is 2. The van der Waals surface area contributed by atoms with E-state index in [9.17, 15) is 0 Å². The molecule has 0 spiro atoms. The molecular weight excluding hydrogens is 1070 g/mol. The molecule has 16 heteroatoms. The van der Waals surface area contributed by atoms with Crippen molar-refractivity contribution in [2.24, 2.45) is 0 Å². The van der Waals surface area contributed by atoms with Gasteiger partial charge in [-0.05, 0) is 170 Å². The molecule has 0 amide bonds. The van der Waals surface area contributed by atoms with Crippen molar-refractivity contribution in [1.29, 1.82) is 0 Å². The van der Waals surface area contributed by atoms with Crippen LogP contribution in [0.1, 0.15) is 64.5 Å². The second-order valence-electron chi connectivity index (χ2n) is 16.5. The molecule has 0 radical (unpaired) electrons. The Labute approximate surface area is 412 Å². The summed E-state index contributed by atoms with van der Waals surface area (Å²) in [6, 6.07) is 25.1. The van der Waals surface area contributed by atoms with Crippen molar-refractivity contribution in [3.8, 4) is 28.7 Å². The Morgan fingerprint density at radius 3 is 1.38 bits per heavy atom. The van der Waals surface area contributed by atoms with Gasteiger partial charge in [-0.15, -0.1) is 0 Å². The van der Waals surface area contributed by atoms with Crippen LogP contribution in [0.25, 0.3) is 27.9 Å². The van der Waals surface area contributed by atoms with Crippen LogP contribution in [-0.2, 0) is 13.1 Å². The van der Waals surface area contributed by atoms with E-state index < -0.39 is 5.82 Å². The predicted octanol–water partition coefficient (Wildman–Crippen LogP) is 11.3. The van der Waals surface area contributed by atoms with Gasteiger partial charge in [0.15, 0.2) is 22.7 Å². The zero-order chi connectivity index (χ0) is 45.7. The number of fused-ring (bicyclic) bond motifs is 2. The number of oxazole rings is 2. The average Bonchev–Trinajstić information content (AvgIpc) is 4.10. The molecule has 13 nitrogen and oxygen atoms in total. The van der Waals surface area contributed by atoms with E-state index in [1.165, 1.54) is 0 Å². The number of hydrogen-bond donors (Lipinski definition) is 0. The highest BCUT2D eigenvalue weighted by Crippen LogP contribution is 2.39. The zero-order valence-corrected chi connectivity index (χ0v) is 42.2. The molecule has 2 aliphatic heterocycles. The molecule has 7 aromatic rings. The number of ether oxygens (including phenoxy) is 4. The van der Waals surface area contributed by atoms with Crippen LogP contribution < -0.4 is 29.0 Å². The van der Waals surface area contributed by atoms with Crippen molar-refractivity contribution in [2.45, 2.75) is 78.6 Å². The molecule has 2 saturated heterocycles. The quantitative estimate of drug-likeness (QED) is 0.0603. The summed E-state index contributed by atoms with van der Waals surface area (Å²) < 4.78 is 56.7. The molecule has 2 aliphatic rings. The topological polar surface area (TPSA) is 107 Å². The number of benzene rings is 4. The Morgan fingerprint density at radius 2 is 0.985 bits per heavy atom. The summed E-state index contributed by atoms with van der Waals surface area (Å²) in [6.45, 7) is 14.2. The Kier molecular flexibility index (Phi) is 14.8. The fourth-order valence-corrected chi connectivity index (χ4v) is 10.4. The highest BCUT2D eigenvalue weighted by molar-refractivity contribution is 14.1. The molecule has 66 heavy (non-hydrogen) atoms. The van der Waals surface area contributed by atoms with Gasteiger partial charge in [-0.2, -0.15) is 14.4 Å². The van der Waals surface area contributed by atoms with Crippen LogP contribution in [0.5, 0.6) is 23.0 Å². The largest absolute Gasteiger partial charge is 0.492 e. The number of nitrogens with zero attached hydrogens (tertiary/aromatic N) is 7. The average molecular weight is 1120 g/mol. The smallest absolute Gasteiger partial charge is 0.318 e. The van der Waals surface area contributed by atoms with E-state index in [1.54, 1.807) is 12.1 Å². The van der Waals surface area contributed by atoms with Crippen LogP contribution in [0.2, 0.25) is 0 Å². The van der Waals surface area contributed by atoms with E-state index >= 15 is 4.39 Å². The number of halogens is 3. The summed E-state index contributed by atoms with van der Waals surface area (Å²) in [4.78, 5) is 15.4. The molecule has 3 aromatic heterocycles. The molecule has 0 saturated carbocycles. The van der Waals surface area contributed by atoms with Crippen molar-refractivity contribution >= 4 is 79.4 Å². The number of hydrazine groups is 1. The molecule has 9 rings (SSSR count). The van der Waals surface area contributed by atoms with Crippen LogP contribution >= 0.6 is 45.2 Å². The van der Waals surface area contributed by atoms with Gasteiger partial charge in [-0.1, -0.05) is 12.1 Å². The summed E-state index contributed by atoms with van der Waals surface area (Å²) in [6.07, 6.45) is 7.35. The van der Waals surface area contributed by atoms with E-state index in [-0.39, 0.29) is 23.6 Å². The number of likely N-dealkylation sites (tertiary alicyclic amines) is 2. The molecule has 0 atom stereocenters. The maximum absolute atomic E-state index is 15.2. The molecule has 0 aliphatic carbocycles. The van der Waals surface area contributed by atoms with Crippen molar-refractivity contribution in [3.63, 3.8) is 0 Å². The van der Waals surface area contributed by atoms with E-state index in [0.29, 0.717) is 45.0 Å². The Hall–Kier alpha value is -4.79. The van der Waals surface area contributed by atoms with Gasteiger partial charge in [0.2, 0.25) is 5.82 Å². The first-order valence-corrected chi connectivity index (χ1v) is 25.2. The monoisotopic (exact) mass is 1120 g/mol. The normalized spacial score (nSPS) is 15.4. The lowest BCUT2D eigenvalue weighted by Crippen LogP contribution is -2.59. The molecule has 0 unspecified atom stereocenters. The standard InChI is InChI=1S/C50H56FI2N7O6/c1-5-61-41-27-33(28-42(45(41)51)62-6-2)31-56-23-17-35(18-24-56)59(49-54-46-37(52)13-11-15-39(46)65-49)60(50-55-47-38(53)14-12-16-40(47)66-50)36-19-25-57(26-20-36)32-34-29-43(63-7-3)48(44(30-34)64-8-4)58-21-9-10-22-58/h9-16,21-22,27-30,35-36H,5-8,17-20,23-26,31-32H2,1-4H3. The molecule has 5 heterocycles. The summed E-state index contributed by atoms with van der Waals surface area (Å²) in [5.74, 6) is 1.59. The third-order valence-electron chi connectivity index (χ3n) is 12.2. The fourth-order valence-electron chi connectivity index (χ4n) is 9.25. The van der Waals surface area contributed by atoms with E-state index in [1.807, 2.05) is 76.5 Å². The number of piperidine rings is 2. The fraction of sp³-hybridized carbons (Fsp3) is 0.400. The van der Waals surface area contributed by atoms with Gasteiger partial charge in [0.1, 0.15) is 28.2 Å². The van der Waals surface area contributed by atoms with Gasteiger partial charge in [-0.25, -0.2) is 10.0 Å². The number of hydrogen-bond acceptors (Lipinski definition) is 12. The van der Waals surface area contributed by atoms with Crippen molar-refractivity contribution in [1.82, 2.24) is 24.3 Å². The lowest BCUT2D eigenvalue weighted by molar-refractivity contribution is 0.178. The molecule has 0 N–H and O–H groups in total. The van der Waals surface area contributed by atoms with Crippen LogP contribution in [0, 0.1) is 13.0 Å². The van der Waals surface area contributed by atoms with Gasteiger partial charge in [0, 0.05) is 58.8 Å². The first-order chi connectivity index (χ1) is 32.2. The second kappa shape index (κ2) is 21.0. The van der Waals surface area contributed by atoms with Crippen molar-refractivity contribution < 1.29 is 32.2 Å². The maximum Gasteiger partial charge on any atom is 0.318 e. The summed E-state index contributed by atoms with van der Waals surface area (Å²) in [7, 11) is 0. The SMILES string of the molecule is CCOc1cc(CN2CCC(N(c3nc4c(I)cccc4o3)N(c3nc4c(I)cccc4o3)C3CCN(Cc4cc(OCC)c(-n5cccc5)c(OCC)c4)CC3)CC2)cc(OCC)c1F. The Morgan fingerprint density at radius 1 is 0.591 bits per heavy atom. The maximum atomic E-state index is 15.2. The minimum atomic E-state index is -0.460. The zero-order valence-electron chi connectivity index (χ0n) is 37.9. The van der Waals surface area contributed by atoms with Gasteiger partial charge in [0.05, 0.1) is 38.5 Å². The first kappa shape index (κ1) is 46.3. The van der Waals surface area contributed by atoms with Crippen LogP contribution in [0.3, 0.4) is 0 Å². The number of aromatic nitrogens is 3. The van der Waals surface area contributed by atoms with Crippen molar-refractivity contribution in [3.05, 3.63) is 109 Å². The van der Waals surface area contributed by atoms with E-state index in [4.69, 9.17) is 37.7 Å². The lowest BCUT2D eigenvalue weighted by atomic mass is 10.0. The van der Waals surface area contributed by atoms with Gasteiger partial charge >= 0.3 is 12.0 Å². The van der Waals surface area contributed by atoms with Gasteiger partial charge in [-0.3, -0.25) is 9.80 Å². The molecular formula is C50H56FI2N7O6. The first-order valence-electron chi connectivity index (χ1n) is 23.0. The molecule has 348 valence electrons. The van der Waals surface area contributed by atoms with Crippen LogP contribution in [0.4, 0.5) is 16.4 Å². The van der Waals surface area contributed by atoms with E-state index in [2.05, 4.69) is 93.8 Å². The predicted molar refractivity (Wildman–Crippen MR) is 272 cm³/mol. The summed E-state index contributed by atoms with van der Waals surface area (Å²) in [5, 5.41) is 4.52. The third kappa shape index (κ3) is 9.92. The van der Waals surface area contributed by atoms with Gasteiger partial charge < -0.3 is 32.3 Å². The number of anilines is 2. The summed E-state index contributed by atoms with van der Waals surface area (Å²) >= 11 is 4.67. The second-order valence-corrected chi connectivity index (χ2v) is 18.9. The van der Waals surface area contributed by atoms with Crippen LogP contribution in [-0.4, -0.2) is 89.0 Å². The molecule has 0 bridgehead atoms. The third-order valence-corrected chi connectivity index (χ3v) is 13.9. The summed E-state index contributed by atoms with van der Waals surface area (Å²) in [5.41, 5.74) is 6.11. The minimum Gasteiger partial charge on any atom is -0.492 e. The molecule has 2 fully saturated rings. The van der Waals surface area contributed by atoms with E-state index in [0.717, 1.165) is 116 Å². The number of rotatable bonds is 18. The van der Waals surface area contributed by atoms with Crippen LogP contribution in [0.15, 0.2) is 94.0 Å².